The predicted octanol–water partition coefficient (Wildman–Crippen LogP) is -2.94. The molecule has 0 atom stereocenters. The Morgan fingerprint density at radius 3 is 0.907 bits per heavy atom. The molecule has 0 bridgehead atoms. The molecule has 2 aromatic carbocycles. The Balaban J connectivity index is -0.000000147. The van der Waals surface area contributed by atoms with Gasteiger partial charge in [-0.1, -0.05) is 12.1 Å². The second-order valence-corrected chi connectivity index (χ2v) is 6.65. The summed E-state index contributed by atoms with van der Waals surface area (Å²) >= 11 is 0. The van der Waals surface area contributed by atoms with Crippen LogP contribution in [0.25, 0.3) is 0 Å². The average Bonchev–Trinajstić information content (AvgIpc) is 2.91. The molecule has 2 aromatic heterocycles. The Morgan fingerprint density at radius 2 is 0.767 bits per heavy atom. The van der Waals surface area contributed by atoms with Crippen molar-refractivity contribution in [3.05, 3.63) is 151 Å². The zero-order valence-electron chi connectivity index (χ0n) is 22.1. The molecule has 0 amide bonds. The molecule has 0 fully saturated rings. The van der Waals surface area contributed by atoms with Crippen LogP contribution in [0.5, 0.6) is 0 Å². The number of nitro benzene ring substituents is 2. The number of non-ortho nitro benzene ring substituents is 2. The topological polar surface area (TPSA) is 349 Å². The van der Waals surface area contributed by atoms with Gasteiger partial charge in [0.2, 0.25) is 0 Å². The minimum Gasteiger partial charge on any atom is -0.619 e. The standard InChI is InChI=1S/2C7H5NO4.2C5H5NO.4H2O.Zn/c2*9-7(10)5-1-3-6(4-2-5)8(11)12;2*7-6-4-2-1-3-5-6;;;;;/h2*1-4H,(H,9,10);2*1-5H;4*1H2;/q;;;;;;;;+2. The Labute approximate surface area is 255 Å². The number of carbonyl (C=O) groups is 2. The van der Waals surface area contributed by atoms with Crippen molar-refractivity contribution in [2.24, 2.45) is 0 Å². The van der Waals surface area contributed by atoms with Crippen LogP contribution < -0.4 is 19.7 Å². The van der Waals surface area contributed by atoms with Gasteiger partial charge in [-0.15, -0.1) is 0 Å². The van der Waals surface area contributed by atoms with Crippen molar-refractivity contribution in [2.45, 2.75) is 0 Å². The molecular formula is C24H28N4O14Zn+2. The summed E-state index contributed by atoms with van der Waals surface area (Å²) in [7, 11) is 0. The fourth-order valence-electron chi connectivity index (χ4n) is 2.20. The zero-order valence-corrected chi connectivity index (χ0v) is 25.1. The molecule has 43 heavy (non-hydrogen) atoms. The Kier molecular flexibility index (Phi) is 28.1. The van der Waals surface area contributed by atoms with E-state index in [-0.39, 0.29) is 63.9 Å². The zero-order chi connectivity index (χ0) is 28.5. The summed E-state index contributed by atoms with van der Waals surface area (Å²) in [6, 6.07) is 19.3. The van der Waals surface area contributed by atoms with Crippen molar-refractivity contribution in [2.75, 3.05) is 0 Å². The third-order valence-electron chi connectivity index (χ3n) is 4.00. The molecule has 0 aliphatic heterocycles. The summed E-state index contributed by atoms with van der Waals surface area (Å²) in [5.74, 6) is -2.69. The molecule has 0 aliphatic carbocycles. The van der Waals surface area contributed by atoms with Gasteiger partial charge in [-0.3, -0.25) is 20.2 Å². The average molecular weight is 662 g/mol. The molecule has 19 heteroatoms. The summed E-state index contributed by atoms with van der Waals surface area (Å²) in [5, 5.41) is 61.0. The molecule has 0 aliphatic rings. The molecule has 0 unspecified atom stereocenters. The first-order valence-corrected chi connectivity index (χ1v) is 10.2. The van der Waals surface area contributed by atoms with Gasteiger partial charge in [0.1, 0.15) is 0 Å². The quantitative estimate of drug-likeness (QED) is 0.0534. The summed E-state index contributed by atoms with van der Waals surface area (Å²) < 4.78 is 1.50. The first-order valence-electron chi connectivity index (χ1n) is 10.2. The number of carboxylic acid groups (broad SMARTS) is 2. The van der Waals surface area contributed by atoms with Crippen LogP contribution in [-0.2, 0) is 30.4 Å². The molecule has 4 aromatic rings. The van der Waals surface area contributed by atoms with E-state index in [1.54, 1.807) is 36.4 Å². The Bertz CT molecular complexity index is 1160. The number of aromatic nitrogens is 2. The second kappa shape index (κ2) is 25.5. The number of benzene rings is 2. The SMILES string of the molecule is O.O.O=C([O-])c1ccc([N+](=O)[O-])cc1.O=C([O-])c1ccc([N+](=O)[O-])cc1.[O-][n+]1ccccc1.[O-][n+]1ccccc1.[OH3+].[OH3+].[Zn+2]. The van der Waals surface area contributed by atoms with E-state index in [0.29, 0.717) is 0 Å². The molecular weight excluding hydrogens is 634 g/mol. The number of carboxylic acids is 2. The van der Waals surface area contributed by atoms with Crippen molar-refractivity contribution in [3.63, 3.8) is 0 Å². The van der Waals surface area contributed by atoms with Gasteiger partial charge in [-0.2, -0.15) is 9.46 Å². The van der Waals surface area contributed by atoms with Gasteiger partial charge < -0.3 is 52.1 Å². The van der Waals surface area contributed by atoms with Crippen molar-refractivity contribution in [3.8, 4) is 0 Å². The van der Waals surface area contributed by atoms with Gasteiger partial charge in [-0.05, 0) is 35.4 Å². The summed E-state index contributed by atoms with van der Waals surface area (Å²) in [6.45, 7) is 0. The van der Waals surface area contributed by atoms with E-state index in [4.69, 9.17) is 0 Å². The Morgan fingerprint density at radius 1 is 0.535 bits per heavy atom. The van der Waals surface area contributed by atoms with Crippen molar-refractivity contribution in [1.29, 1.82) is 0 Å². The van der Waals surface area contributed by atoms with Crippen LogP contribution in [0, 0.1) is 30.6 Å². The van der Waals surface area contributed by atoms with E-state index in [9.17, 15) is 50.4 Å². The fraction of sp³-hybridized carbons (Fsp3) is 0. The molecule has 0 spiro atoms. The van der Waals surface area contributed by atoms with E-state index in [2.05, 4.69) is 0 Å². The molecule has 18 nitrogen and oxygen atoms in total. The van der Waals surface area contributed by atoms with Crippen LogP contribution in [-0.4, -0.2) is 32.7 Å². The smallest absolute Gasteiger partial charge is 0.619 e. The van der Waals surface area contributed by atoms with E-state index in [1.807, 2.05) is 0 Å². The number of hydrogen-bond donors (Lipinski definition) is 0. The molecule has 228 valence electrons. The van der Waals surface area contributed by atoms with Gasteiger partial charge in [0.15, 0.2) is 24.8 Å². The second-order valence-electron chi connectivity index (χ2n) is 6.65. The third-order valence-corrected chi connectivity index (χ3v) is 4.00. The number of carbonyl (C=O) groups excluding carboxylic acids is 2. The van der Waals surface area contributed by atoms with E-state index in [0.717, 1.165) is 58.0 Å². The van der Waals surface area contributed by atoms with Gasteiger partial charge >= 0.3 is 19.5 Å². The molecule has 0 saturated heterocycles. The van der Waals surface area contributed by atoms with E-state index in [1.165, 1.54) is 24.8 Å². The van der Waals surface area contributed by atoms with Crippen LogP contribution in [0.3, 0.4) is 0 Å². The van der Waals surface area contributed by atoms with Gasteiger partial charge in [0.25, 0.3) is 11.4 Å². The first-order chi connectivity index (χ1) is 18.0. The molecule has 0 saturated carbocycles. The van der Waals surface area contributed by atoms with Crippen molar-refractivity contribution in [1.82, 2.24) is 0 Å². The van der Waals surface area contributed by atoms with Crippen molar-refractivity contribution < 1.29 is 80.5 Å². The monoisotopic (exact) mass is 660 g/mol. The van der Waals surface area contributed by atoms with Crippen LogP contribution in [0.4, 0.5) is 11.4 Å². The molecule has 10 N–H and O–H groups in total. The van der Waals surface area contributed by atoms with Crippen LogP contribution >= 0.6 is 0 Å². The number of nitrogens with zero attached hydrogens (tertiary/aromatic N) is 4. The normalized spacial score (nSPS) is 8.00. The van der Waals surface area contributed by atoms with Gasteiger partial charge in [0.05, 0.1) is 21.8 Å². The van der Waals surface area contributed by atoms with Crippen molar-refractivity contribution >= 4 is 23.3 Å². The number of pyridine rings is 2. The fourth-order valence-corrected chi connectivity index (χ4v) is 2.20. The molecule has 0 radical (unpaired) electrons. The minimum absolute atomic E-state index is 0. The predicted molar refractivity (Wildman–Crippen MR) is 143 cm³/mol. The Hall–Kier alpha value is -5.46. The number of rotatable bonds is 4. The van der Waals surface area contributed by atoms with E-state index >= 15 is 0 Å². The summed E-state index contributed by atoms with van der Waals surface area (Å²) in [4.78, 5) is 39.5. The maximum atomic E-state index is 10.2. The molecule has 4 rings (SSSR count). The van der Waals surface area contributed by atoms with Crippen LogP contribution in [0.2, 0.25) is 0 Å². The first kappa shape index (κ1) is 47.3. The number of hydrogen-bond acceptors (Lipinski definition) is 10. The number of aromatic carboxylic acids is 2. The molecule has 2 heterocycles. The third kappa shape index (κ3) is 20.1. The van der Waals surface area contributed by atoms with Crippen LogP contribution in [0.15, 0.2) is 110 Å². The van der Waals surface area contributed by atoms with E-state index < -0.39 is 21.8 Å². The van der Waals surface area contributed by atoms with Gasteiger partial charge in [0, 0.05) is 48.5 Å². The maximum absolute atomic E-state index is 10.2. The van der Waals surface area contributed by atoms with Gasteiger partial charge in [-0.25, -0.2) is 0 Å². The largest absolute Gasteiger partial charge is 2.00 e. The maximum Gasteiger partial charge on any atom is 2.00 e. The number of nitro groups is 2. The van der Waals surface area contributed by atoms with Crippen LogP contribution in [0.1, 0.15) is 20.7 Å². The summed E-state index contributed by atoms with van der Waals surface area (Å²) in [5.41, 5.74) is -0.416. The summed E-state index contributed by atoms with van der Waals surface area (Å²) in [6.07, 6.45) is 5.78. The minimum atomic E-state index is -1.34.